The number of hydrogen-bond donors (Lipinski definition) is 0. The largest absolute Gasteiger partial charge is 0.363 e. The highest BCUT2D eigenvalue weighted by Crippen LogP contribution is 2.20. The monoisotopic (exact) mass is 233 g/mol. The average molecular weight is 233 g/mol. The lowest BCUT2D eigenvalue weighted by atomic mass is 10.1. The zero-order valence-electron chi connectivity index (χ0n) is 10.9. The Morgan fingerprint density at radius 3 is 2.76 bits per heavy atom. The minimum absolute atomic E-state index is 0.309. The van der Waals surface area contributed by atoms with Crippen LogP contribution in [0.2, 0.25) is 0 Å². The number of benzene rings is 1. The Morgan fingerprint density at radius 1 is 1.29 bits per heavy atom. The van der Waals surface area contributed by atoms with Crippen LogP contribution in [0.25, 0.3) is 0 Å². The van der Waals surface area contributed by atoms with Crippen LogP contribution >= 0.6 is 0 Å². The van der Waals surface area contributed by atoms with Gasteiger partial charge in [0, 0.05) is 19.7 Å². The van der Waals surface area contributed by atoms with Crippen LogP contribution in [0.1, 0.15) is 32.3 Å². The third kappa shape index (κ3) is 3.83. The molecule has 1 heterocycles. The standard InChI is InChI=1S/C15H23NO/c1-13(2)11-15-16(9-6-10-17-15)12-14-7-4-3-5-8-14/h3-5,7-8,13,15H,6,9-12H2,1-2H3. The maximum Gasteiger partial charge on any atom is 0.111 e. The van der Waals surface area contributed by atoms with E-state index in [0.717, 1.165) is 32.5 Å². The van der Waals surface area contributed by atoms with Gasteiger partial charge in [-0.25, -0.2) is 0 Å². The summed E-state index contributed by atoms with van der Waals surface area (Å²) in [4.78, 5) is 2.47. The van der Waals surface area contributed by atoms with E-state index in [1.807, 2.05) is 0 Å². The summed E-state index contributed by atoms with van der Waals surface area (Å²) in [6.07, 6.45) is 2.60. The number of hydrogen-bond acceptors (Lipinski definition) is 2. The first kappa shape index (κ1) is 12.6. The van der Waals surface area contributed by atoms with Crippen molar-refractivity contribution >= 4 is 0 Å². The Labute approximate surface area is 105 Å². The molecule has 2 nitrogen and oxygen atoms in total. The summed E-state index contributed by atoms with van der Waals surface area (Å²) in [6, 6.07) is 10.7. The molecular formula is C15H23NO. The minimum atomic E-state index is 0.309. The molecule has 1 aromatic rings. The molecule has 0 radical (unpaired) electrons. The molecule has 0 bridgehead atoms. The van der Waals surface area contributed by atoms with Gasteiger partial charge in [0.05, 0.1) is 0 Å². The molecule has 1 aliphatic rings. The van der Waals surface area contributed by atoms with Crippen LogP contribution in [0, 0.1) is 5.92 Å². The van der Waals surface area contributed by atoms with Crippen LogP contribution in [-0.2, 0) is 11.3 Å². The summed E-state index contributed by atoms with van der Waals surface area (Å²) in [5, 5.41) is 0. The van der Waals surface area contributed by atoms with Crippen molar-refractivity contribution in [2.24, 2.45) is 5.92 Å². The van der Waals surface area contributed by atoms with Crippen molar-refractivity contribution in [2.45, 2.75) is 39.5 Å². The third-order valence-corrected chi connectivity index (χ3v) is 3.21. The fourth-order valence-electron chi connectivity index (χ4n) is 2.36. The summed E-state index contributed by atoms with van der Waals surface area (Å²) in [7, 11) is 0. The quantitative estimate of drug-likeness (QED) is 0.791. The normalized spacial score (nSPS) is 21.9. The molecule has 2 rings (SSSR count). The van der Waals surface area contributed by atoms with Crippen LogP contribution < -0.4 is 0 Å². The van der Waals surface area contributed by atoms with Gasteiger partial charge in [0.1, 0.15) is 6.23 Å². The second-order valence-electron chi connectivity index (χ2n) is 5.26. The van der Waals surface area contributed by atoms with Gasteiger partial charge >= 0.3 is 0 Å². The van der Waals surface area contributed by atoms with Crippen molar-refractivity contribution in [1.29, 1.82) is 0 Å². The fourth-order valence-corrected chi connectivity index (χ4v) is 2.36. The maximum absolute atomic E-state index is 5.90. The van der Waals surface area contributed by atoms with Crippen molar-refractivity contribution in [2.75, 3.05) is 13.2 Å². The molecule has 1 unspecified atom stereocenters. The van der Waals surface area contributed by atoms with E-state index in [-0.39, 0.29) is 0 Å². The molecule has 1 aliphatic heterocycles. The molecule has 1 fully saturated rings. The first-order valence-electron chi connectivity index (χ1n) is 6.65. The summed E-state index contributed by atoms with van der Waals surface area (Å²) in [5.41, 5.74) is 1.38. The molecule has 1 saturated heterocycles. The molecule has 94 valence electrons. The van der Waals surface area contributed by atoms with E-state index in [1.165, 1.54) is 5.56 Å². The molecule has 0 saturated carbocycles. The lowest BCUT2D eigenvalue weighted by Gasteiger charge is -2.36. The zero-order chi connectivity index (χ0) is 12.1. The predicted molar refractivity (Wildman–Crippen MR) is 70.7 cm³/mol. The molecular weight excluding hydrogens is 210 g/mol. The van der Waals surface area contributed by atoms with E-state index >= 15 is 0 Å². The van der Waals surface area contributed by atoms with Gasteiger partial charge in [-0.2, -0.15) is 0 Å². The number of nitrogens with zero attached hydrogens (tertiary/aromatic N) is 1. The molecule has 17 heavy (non-hydrogen) atoms. The van der Waals surface area contributed by atoms with E-state index in [9.17, 15) is 0 Å². The van der Waals surface area contributed by atoms with Crippen molar-refractivity contribution in [3.05, 3.63) is 35.9 Å². The van der Waals surface area contributed by atoms with E-state index in [0.29, 0.717) is 12.1 Å². The highest BCUT2D eigenvalue weighted by Gasteiger charge is 2.23. The fraction of sp³-hybridized carbons (Fsp3) is 0.600. The van der Waals surface area contributed by atoms with Crippen LogP contribution in [-0.4, -0.2) is 24.3 Å². The molecule has 1 aromatic carbocycles. The second-order valence-corrected chi connectivity index (χ2v) is 5.26. The van der Waals surface area contributed by atoms with Gasteiger partial charge in [-0.1, -0.05) is 44.2 Å². The number of ether oxygens (including phenoxy) is 1. The van der Waals surface area contributed by atoms with Crippen LogP contribution in [0.15, 0.2) is 30.3 Å². The van der Waals surface area contributed by atoms with Crippen LogP contribution in [0.5, 0.6) is 0 Å². The van der Waals surface area contributed by atoms with E-state index in [4.69, 9.17) is 4.74 Å². The second kappa shape index (κ2) is 6.18. The van der Waals surface area contributed by atoms with Gasteiger partial charge in [0.2, 0.25) is 0 Å². The third-order valence-electron chi connectivity index (χ3n) is 3.21. The van der Waals surface area contributed by atoms with E-state index < -0.39 is 0 Å². The Kier molecular flexibility index (Phi) is 4.57. The topological polar surface area (TPSA) is 12.5 Å². The predicted octanol–water partition coefficient (Wildman–Crippen LogP) is 3.28. The molecule has 0 amide bonds. The molecule has 0 aromatic heterocycles. The maximum atomic E-state index is 5.90. The number of rotatable bonds is 4. The van der Waals surface area contributed by atoms with Crippen molar-refractivity contribution in [3.63, 3.8) is 0 Å². The summed E-state index contributed by atoms with van der Waals surface area (Å²) in [5.74, 6) is 0.691. The van der Waals surface area contributed by atoms with Gasteiger partial charge in [0.15, 0.2) is 0 Å². The smallest absolute Gasteiger partial charge is 0.111 e. The van der Waals surface area contributed by atoms with Crippen molar-refractivity contribution < 1.29 is 4.74 Å². The SMILES string of the molecule is CC(C)CC1OCCCN1Cc1ccccc1. The van der Waals surface area contributed by atoms with E-state index in [2.05, 4.69) is 49.1 Å². The summed E-state index contributed by atoms with van der Waals surface area (Å²) in [6.45, 7) is 7.62. The molecule has 0 N–H and O–H groups in total. The Hall–Kier alpha value is -0.860. The first-order valence-corrected chi connectivity index (χ1v) is 6.65. The summed E-state index contributed by atoms with van der Waals surface area (Å²) >= 11 is 0. The van der Waals surface area contributed by atoms with Gasteiger partial charge < -0.3 is 4.74 Å². The minimum Gasteiger partial charge on any atom is -0.363 e. The lowest BCUT2D eigenvalue weighted by Crippen LogP contribution is -2.42. The van der Waals surface area contributed by atoms with Crippen molar-refractivity contribution in [1.82, 2.24) is 4.90 Å². The Balaban J connectivity index is 1.96. The van der Waals surface area contributed by atoms with Crippen LogP contribution in [0.4, 0.5) is 0 Å². The van der Waals surface area contributed by atoms with Gasteiger partial charge in [0.25, 0.3) is 0 Å². The van der Waals surface area contributed by atoms with Gasteiger partial charge in [-0.15, -0.1) is 0 Å². The Morgan fingerprint density at radius 2 is 2.06 bits per heavy atom. The first-order chi connectivity index (χ1) is 8.25. The van der Waals surface area contributed by atoms with Crippen molar-refractivity contribution in [3.8, 4) is 0 Å². The van der Waals surface area contributed by atoms with Gasteiger partial charge in [-0.05, 0) is 24.3 Å². The van der Waals surface area contributed by atoms with Gasteiger partial charge in [-0.3, -0.25) is 4.90 Å². The zero-order valence-corrected chi connectivity index (χ0v) is 10.9. The molecule has 0 spiro atoms. The van der Waals surface area contributed by atoms with Crippen LogP contribution in [0.3, 0.4) is 0 Å². The highest BCUT2D eigenvalue weighted by atomic mass is 16.5. The van der Waals surface area contributed by atoms with E-state index in [1.54, 1.807) is 0 Å². The molecule has 1 atom stereocenters. The lowest BCUT2D eigenvalue weighted by molar-refractivity contribution is -0.108. The summed E-state index contributed by atoms with van der Waals surface area (Å²) < 4.78 is 5.90. The average Bonchev–Trinajstić information content (AvgIpc) is 2.32. The molecule has 0 aliphatic carbocycles. The Bertz CT molecular complexity index is 323. The highest BCUT2D eigenvalue weighted by molar-refractivity contribution is 5.14. The molecule has 2 heteroatoms.